The van der Waals surface area contributed by atoms with E-state index in [1.54, 1.807) is 18.4 Å². The molecule has 0 radical (unpaired) electrons. The van der Waals surface area contributed by atoms with Crippen molar-refractivity contribution >= 4 is 41.3 Å². The molecule has 2 aromatic heterocycles. The molecule has 0 unspecified atom stereocenters. The summed E-state index contributed by atoms with van der Waals surface area (Å²) >= 11 is 1.72. The first kappa shape index (κ1) is 20.9. The molecule has 0 fully saturated rings. The third-order valence-electron chi connectivity index (χ3n) is 3.42. The number of aromatic nitrogens is 3. The summed E-state index contributed by atoms with van der Waals surface area (Å²) in [5.41, 5.74) is 1.09. The van der Waals surface area contributed by atoms with Crippen molar-refractivity contribution in [1.29, 1.82) is 0 Å². The van der Waals surface area contributed by atoms with Crippen LogP contribution in [0.5, 0.6) is 0 Å². The van der Waals surface area contributed by atoms with Crippen molar-refractivity contribution in [3.63, 3.8) is 0 Å². The number of rotatable bonds is 6. The van der Waals surface area contributed by atoms with Gasteiger partial charge in [-0.1, -0.05) is 13.8 Å². The Morgan fingerprint density at radius 3 is 2.58 bits per heavy atom. The Kier molecular flexibility index (Phi) is 8.68. The number of nitrogens with zero attached hydrogens (tertiary/aromatic N) is 4. The lowest BCUT2D eigenvalue weighted by Crippen LogP contribution is -2.37. The highest BCUT2D eigenvalue weighted by Crippen LogP contribution is 2.16. The minimum absolute atomic E-state index is 0. The molecule has 0 aromatic carbocycles. The second-order valence-electron chi connectivity index (χ2n) is 5.91. The summed E-state index contributed by atoms with van der Waals surface area (Å²) in [5, 5.41) is 7.75. The van der Waals surface area contributed by atoms with Gasteiger partial charge in [-0.15, -0.1) is 35.3 Å². The van der Waals surface area contributed by atoms with Crippen molar-refractivity contribution in [3.8, 4) is 0 Å². The second kappa shape index (κ2) is 9.97. The van der Waals surface area contributed by atoms with Gasteiger partial charge in [0, 0.05) is 30.9 Å². The minimum Gasteiger partial charge on any atom is -0.351 e. The average Bonchev–Trinajstić information content (AvgIpc) is 3.05. The van der Waals surface area contributed by atoms with Crippen LogP contribution in [0.15, 0.2) is 17.4 Å². The van der Waals surface area contributed by atoms with Gasteiger partial charge in [-0.3, -0.25) is 4.99 Å². The lowest BCUT2D eigenvalue weighted by Gasteiger charge is -2.13. The Morgan fingerprint density at radius 1 is 1.29 bits per heavy atom. The fraction of sp³-hybridized carbons (Fsp3) is 0.562. The van der Waals surface area contributed by atoms with Gasteiger partial charge in [0.25, 0.3) is 0 Å². The van der Waals surface area contributed by atoms with Gasteiger partial charge in [-0.25, -0.2) is 9.97 Å². The van der Waals surface area contributed by atoms with Crippen LogP contribution in [-0.4, -0.2) is 27.5 Å². The quantitative estimate of drug-likeness (QED) is 0.394. The van der Waals surface area contributed by atoms with Gasteiger partial charge in [-0.05, 0) is 19.8 Å². The number of imidazole rings is 1. The zero-order chi connectivity index (χ0) is 16.8. The summed E-state index contributed by atoms with van der Waals surface area (Å²) in [6, 6.07) is 0. The first-order valence-electron chi connectivity index (χ1n) is 7.87. The Hall–Kier alpha value is -1.16. The predicted molar refractivity (Wildman–Crippen MR) is 111 cm³/mol. The Morgan fingerprint density at radius 2 is 2.00 bits per heavy atom. The van der Waals surface area contributed by atoms with E-state index in [4.69, 9.17) is 0 Å². The molecule has 0 atom stereocenters. The van der Waals surface area contributed by atoms with Crippen LogP contribution in [0.4, 0.5) is 0 Å². The SMILES string of the molecule is CN=C(NCc1sc(C)nc1C)NCc1nccn1CC(C)C.I. The van der Waals surface area contributed by atoms with Crippen molar-refractivity contribution in [2.24, 2.45) is 10.9 Å². The van der Waals surface area contributed by atoms with E-state index in [0.29, 0.717) is 12.5 Å². The summed E-state index contributed by atoms with van der Waals surface area (Å²) < 4.78 is 2.18. The Bertz CT molecular complexity index is 661. The van der Waals surface area contributed by atoms with Crippen LogP contribution in [0.1, 0.15) is 35.3 Å². The van der Waals surface area contributed by atoms with E-state index in [1.807, 2.05) is 26.2 Å². The van der Waals surface area contributed by atoms with Gasteiger partial charge >= 0.3 is 0 Å². The fourth-order valence-corrected chi connectivity index (χ4v) is 3.23. The summed E-state index contributed by atoms with van der Waals surface area (Å²) in [7, 11) is 1.78. The van der Waals surface area contributed by atoms with Crippen LogP contribution in [0.2, 0.25) is 0 Å². The zero-order valence-electron chi connectivity index (χ0n) is 15.0. The molecular weight excluding hydrogens is 435 g/mol. The van der Waals surface area contributed by atoms with Crippen LogP contribution in [-0.2, 0) is 19.6 Å². The van der Waals surface area contributed by atoms with E-state index >= 15 is 0 Å². The molecular formula is C16H27IN6S. The summed E-state index contributed by atoms with van der Waals surface area (Å²) in [6.45, 7) is 10.8. The van der Waals surface area contributed by atoms with E-state index in [1.165, 1.54) is 4.88 Å². The molecule has 0 aliphatic rings. The number of aryl methyl sites for hydroxylation is 2. The normalized spacial score (nSPS) is 11.5. The molecule has 8 heteroatoms. The van der Waals surface area contributed by atoms with E-state index < -0.39 is 0 Å². The molecule has 2 heterocycles. The second-order valence-corrected chi connectivity index (χ2v) is 7.20. The highest BCUT2D eigenvalue weighted by molar-refractivity contribution is 14.0. The molecule has 2 rings (SSSR count). The van der Waals surface area contributed by atoms with Gasteiger partial charge in [0.1, 0.15) is 5.82 Å². The van der Waals surface area contributed by atoms with Crippen LogP contribution in [0, 0.1) is 19.8 Å². The first-order valence-corrected chi connectivity index (χ1v) is 8.68. The topological polar surface area (TPSA) is 67.1 Å². The van der Waals surface area contributed by atoms with Crippen LogP contribution in [0.3, 0.4) is 0 Å². The monoisotopic (exact) mass is 462 g/mol. The molecule has 0 saturated heterocycles. The number of hydrogen-bond donors (Lipinski definition) is 2. The van der Waals surface area contributed by atoms with Gasteiger partial charge in [0.05, 0.1) is 23.8 Å². The molecule has 0 bridgehead atoms. The predicted octanol–water partition coefficient (Wildman–Crippen LogP) is 3.10. The smallest absolute Gasteiger partial charge is 0.191 e. The number of halogens is 1. The molecule has 0 aliphatic heterocycles. The van der Waals surface area contributed by atoms with Crippen molar-refractivity contribution in [2.75, 3.05) is 7.05 Å². The number of thiazole rings is 1. The van der Waals surface area contributed by atoms with E-state index in [0.717, 1.165) is 35.6 Å². The lowest BCUT2D eigenvalue weighted by molar-refractivity contribution is 0.503. The molecule has 0 saturated carbocycles. The van der Waals surface area contributed by atoms with E-state index in [-0.39, 0.29) is 24.0 Å². The molecule has 134 valence electrons. The third-order valence-corrected chi connectivity index (χ3v) is 4.49. The first-order chi connectivity index (χ1) is 11.0. The van der Waals surface area contributed by atoms with Gasteiger partial charge in [0.15, 0.2) is 5.96 Å². The summed E-state index contributed by atoms with van der Waals surface area (Å²) in [6.07, 6.45) is 3.87. The largest absolute Gasteiger partial charge is 0.351 e. The standard InChI is InChI=1S/C16H26N6S.HI/c1-11(2)10-22-7-6-18-15(22)9-20-16(17-5)19-8-14-12(3)21-13(4)23-14;/h6-7,11H,8-10H2,1-5H3,(H2,17,19,20);1H. The zero-order valence-corrected chi connectivity index (χ0v) is 18.1. The maximum absolute atomic E-state index is 4.45. The summed E-state index contributed by atoms with van der Waals surface area (Å²) in [4.78, 5) is 14.4. The molecule has 0 amide bonds. The minimum atomic E-state index is 0. The third kappa shape index (κ3) is 6.04. The molecule has 2 N–H and O–H groups in total. The molecule has 0 spiro atoms. The van der Waals surface area contributed by atoms with Crippen molar-refractivity contribution in [3.05, 3.63) is 33.8 Å². The van der Waals surface area contributed by atoms with Crippen molar-refractivity contribution in [1.82, 2.24) is 25.2 Å². The highest BCUT2D eigenvalue weighted by Gasteiger charge is 2.08. The Balaban J connectivity index is 0.00000288. The summed E-state index contributed by atoms with van der Waals surface area (Å²) in [5.74, 6) is 2.39. The number of hydrogen-bond acceptors (Lipinski definition) is 4. The molecule has 2 aromatic rings. The van der Waals surface area contributed by atoms with E-state index in [9.17, 15) is 0 Å². The van der Waals surface area contributed by atoms with Crippen molar-refractivity contribution < 1.29 is 0 Å². The molecule has 24 heavy (non-hydrogen) atoms. The lowest BCUT2D eigenvalue weighted by atomic mass is 10.2. The maximum atomic E-state index is 4.45. The van der Waals surface area contributed by atoms with Gasteiger partial charge in [0.2, 0.25) is 0 Å². The molecule has 6 nitrogen and oxygen atoms in total. The average molecular weight is 462 g/mol. The van der Waals surface area contributed by atoms with E-state index in [2.05, 4.69) is 44.0 Å². The fourth-order valence-electron chi connectivity index (χ4n) is 2.35. The maximum Gasteiger partial charge on any atom is 0.191 e. The van der Waals surface area contributed by atoms with Crippen LogP contribution < -0.4 is 10.6 Å². The van der Waals surface area contributed by atoms with Crippen LogP contribution in [0.25, 0.3) is 0 Å². The Labute approximate surface area is 165 Å². The van der Waals surface area contributed by atoms with Crippen LogP contribution >= 0.6 is 35.3 Å². The van der Waals surface area contributed by atoms with Crippen molar-refractivity contribution in [2.45, 2.75) is 47.3 Å². The molecule has 0 aliphatic carbocycles. The highest BCUT2D eigenvalue weighted by atomic mass is 127. The number of guanidine groups is 1. The van der Waals surface area contributed by atoms with Gasteiger partial charge < -0.3 is 15.2 Å². The van der Waals surface area contributed by atoms with Gasteiger partial charge in [-0.2, -0.15) is 0 Å². The number of aliphatic imine (C=N–C) groups is 1. The number of nitrogens with one attached hydrogen (secondary N) is 2.